The first-order chi connectivity index (χ1) is 12.1. The lowest BCUT2D eigenvalue weighted by molar-refractivity contribution is -0.276. The summed E-state index contributed by atoms with van der Waals surface area (Å²) >= 11 is 0. The first-order valence-electron chi connectivity index (χ1n) is 8.71. The summed E-state index contributed by atoms with van der Waals surface area (Å²) in [6.07, 6.45) is 0.0974. The zero-order valence-corrected chi connectivity index (χ0v) is 14.6. The molecule has 1 aliphatic heterocycles. The Bertz CT molecular complexity index is 756. The lowest BCUT2D eigenvalue weighted by Crippen LogP contribution is -2.51. The van der Waals surface area contributed by atoms with Crippen LogP contribution in [0.15, 0.2) is 48.5 Å². The highest BCUT2D eigenvalue weighted by molar-refractivity contribution is 5.81. The number of hydrogen-bond donors (Lipinski definition) is 0. The Balaban J connectivity index is 1.65. The predicted molar refractivity (Wildman–Crippen MR) is 94.2 cm³/mol. The number of hydrogen-bond acceptors (Lipinski definition) is 4. The van der Waals surface area contributed by atoms with Crippen LogP contribution in [0.3, 0.4) is 0 Å². The SMILES string of the molecule is CCOC(=O)CC1(C)OCC2(CO1)c1ccccc1-c1ccccc12. The minimum Gasteiger partial charge on any atom is -0.466 e. The molecule has 2 aromatic rings. The monoisotopic (exact) mass is 338 g/mol. The van der Waals surface area contributed by atoms with Gasteiger partial charge in [-0.05, 0) is 36.1 Å². The molecular formula is C21H22O4. The van der Waals surface area contributed by atoms with E-state index in [4.69, 9.17) is 14.2 Å². The second kappa shape index (κ2) is 5.97. The van der Waals surface area contributed by atoms with Crippen LogP contribution >= 0.6 is 0 Å². The Morgan fingerprint density at radius 3 is 2.04 bits per heavy atom. The largest absolute Gasteiger partial charge is 0.466 e. The topological polar surface area (TPSA) is 44.8 Å². The average molecular weight is 338 g/mol. The number of ether oxygens (including phenoxy) is 3. The first-order valence-corrected chi connectivity index (χ1v) is 8.71. The molecule has 0 amide bonds. The summed E-state index contributed by atoms with van der Waals surface area (Å²) in [5.74, 6) is -1.24. The third kappa shape index (κ3) is 2.57. The van der Waals surface area contributed by atoms with Crippen molar-refractivity contribution in [2.45, 2.75) is 31.5 Å². The van der Waals surface area contributed by atoms with Crippen LogP contribution in [0, 0.1) is 0 Å². The first kappa shape index (κ1) is 16.3. The van der Waals surface area contributed by atoms with Crippen molar-refractivity contribution in [2.24, 2.45) is 0 Å². The molecule has 2 aromatic carbocycles. The van der Waals surface area contributed by atoms with E-state index in [1.54, 1.807) is 6.92 Å². The summed E-state index contributed by atoms with van der Waals surface area (Å²) in [5.41, 5.74) is 4.61. The number of fused-ring (bicyclic) bond motifs is 5. The predicted octanol–water partition coefficient (Wildman–Crippen LogP) is 3.67. The fourth-order valence-electron chi connectivity index (χ4n) is 3.94. The molecule has 0 atom stereocenters. The van der Waals surface area contributed by atoms with Crippen LogP contribution in [-0.4, -0.2) is 31.6 Å². The smallest absolute Gasteiger partial charge is 0.311 e. The van der Waals surface area contributed by atoms with Gasteiger partial charge in [0.05, 0.1) is 31.7 Å². The van der Waals surface area contributed by atoms with E-state index < -0.39 is 5.79 Å². The Morgan fingerprint density at radius 1 is 1.00 bits per heavy atom. The van der Waals surface area contributed by atoms with Crippen molar-refractivity contribution in [1.29, 1.82) is 0 Å². The number of esters is 1. The van der Waals surface area contributed by atoms with Gasteiger partial charge in [0.2, 0.25) is 0 Å². The normalized spacial score (nSPS) is 19.3. The Hall–Kier alpha value is -2.17. The molecule has 0 radical (unpaired) electrons. The fourth-order valence-corrected chi connectivity index (χ4v) is 3.94. The van der Waals surface area contributed by atoms with Crippen molar-refractivity contribution in [3.63, 3.8) is 0 Å². The lowest BCUT2D eigenvalue weighted by Gasteiger charge is -2.43. The van der Waals surface area contributed by atoms with Crippen LogP contribution in [0.2, 0.25) is 0 Å². The number of carbonyl (C=O) groups excluding carboxylic acids is 1. The maximum Gasteiger partial charge on any atom is 0.311 e. The van der Waals surface area contributed by atoms with E-state index in [-0.39, 0.29) is 17.8 Å². The van der Waals surface area contributed by atoms with E-state index in [0.29, 0.717) is 19.8 Å². The molecule has 1 spiro atoms. The summed E-state index contributed by atoms with van der Waals surface area (Å²) < 4.78 is 17.3. The summed E-state index contributed by atoms with van der Waals surface area (Å²) in [5, 5.41) is 0. The molecule has 1 heterocycles. The molecule has 0 bridgehead atoms. The quantitative estimate of drug-likeness (QED) is 0.801. The van der Waals surface area contributed by atoms with Crippen LogP contribution in [-0.2, 0) is 24.4 Å². The van der Waals surface area contributed by atoms with Gasteiger partial charge in [0, 0.05) is 0 Å². The Morgan fingerprint density at radius 2 is 1.52 bits per heavy atom. The second-order valence-corrected chi connectivity index (χ2v) is 6.87. The number of carbonyl (C=O) groups is 1. The van der Waals surface area contributed by atoms with E-state index in [2.05, 4.69) is 48.5 Å². The summed E-state index contributed by atoms with van der Waals surface area (Å²) in [7, 11) is 0. The van der Waals surface area contributed by atoms with E-state index in [1.165, 1.54) is 22.3 Å². The van der Waals surface area contributed by atoms with Gasteiger partial charge in [0.15, 0.2) is 5.79 Å². The molecule has 0 N–H and O–H groups in total. The molecular weight excluding hydrogens is 316 g/mol. The molecule has 0 unspecified atom stereocenters. The van der Waals surface area contributed by atoms with Crippen molar-refractivity contribution in [1.82, 2.24) is 0 Å². The maximum atomic E-state index is 11.8. The molecule has 130 valence electrons. The molecule has 2 aliphatic rings. The van der Waals surface area contributed by atoms with Crippen molar-refractivity contribution >= 4 is 5.97 Å². The molecule has 4 heteroatoms. The maximum absolute atomic E-state index is 11.8. The van der Waals surface area contributed by atoms with Gasteiger partial charge < -0.3 is 14.2 Å². The van der Waals surface area contributed by atoms with Crippen molar-refractivity contribution in [2.75, 3.05) is 19.8 Å². The highest BCUT2D eigenvalue weighted by atomic mass is 16.7. The van der Waals surface area contributed by atoms with E-state index in [0.717, 1.165) is 0 Å². The minimum atomic E-state index is -0.940. The summed E-state index contributed by atoms with van der Waals surface area (Å²) in [6, 6.07) is 16.8. The van der Waals surface area contributed by atoms with E-state index in [1.807, 2.05) is 6.92 Å². The zero-order valence-electron chi connectivity index (χ0n) is 14.6. The molecule has 1 aliphatic carbocycles. The van der Waals surface area contributed by atoms with Crippen molar-refractivity contribution < 1.29 is 19.0 Å². The highest BCUT2D eigenvalue weighted by Gasteiger charge is 2.50. The zero-order chi connectivity index (χ0) is 17.5. The Kier molecular flexibility index (Phi) is 3.89. The van der Waals surface area contributed by atoms with Gasteiger partial charge >= 0.3 is 5.97 Å². The van der Waals surface area contributed by atoms with E-state index in [9.17, 15) is 4.79 Å². The van der Waals surface area contributed by atoms with Gasteiger partial charge in [-0.15, -0.1) is 0 Å². The molecule has 1 fully saturated rings. The molecule has 1 saturated heterocycles. The molecule has 0 saturated carbocycles. The standard InChI is InChI=1S/C21H22O4/c1-3-23-19(22)12-20(2)24-13-21(14-25-20)17-10-6-4-8-15(17)16-9-5-7-11-18(16)21/h4-11H,3,12-14H2,1-2H3. The highest BCUT2D eigenvalue weighted by Crippen LogP contribution is 2.51. The van der Waals surface area contributed by atoms with Gasteiger partial charge in [-0.25, -0.2) is 0 Å². The van der Waals surface area contributed by atoms with Gasteiger partial charge in [-0.2, -0.15) is 0 Å². The molecule has 0 aromatic heterocycles. The summed E-state index contributed by atoms with van der Waals surface area (Å²) in [4.78, 5) is 11.8. The lowest BCUT2D eigenvalue weighted by atomic mass is 9.79. The van der Waals surface area contributed by atoms with Crippen molar-refractivity contribution in [3.05, 3.63) is 59.7 Å². The third-order valence-corrected chi connectivity index (χ3v) is 5.19. The van der Waals surface area contributed by atoms with Gasteiger partial charge in [-0.1, -0.05) is 48.5 Å². The molecule has 25 heavy (non-hydrogen) atoms. The Labute approximate surface area is 147 Å². The fraction of sp³-hybridized carbons (Fsp3) is 0.381. The van der Waals surface area contributed by atoms with Gasteiger partial charge in [0.25, 0.3) is 0 Å². The third-order valence-electron chi connectivity index (χ3n) is 5.19. The molecule has 4 rings (SSSR count). The number of rotatable bonds is 3. The van der Waals surface area contributed by atoms with Gasteiger partial charge in [-0.3, -0.25) is 4.79 Å². The van der Waals surface area contributed by atoms with Crippen LogP contribution in [0.4, 0.5) is 0 Å². The van der Waals surface area contributed by atoms with Crippen LogP contribution in [0.1, 0.15) is 31.4 Å². The van der Waals surface area contributed by atoms with Crippen LogP contribution in [0.25, 0.3) is 11.1 Å². The molecule has 4 nitrogen and oxygen atoms in total. The van der Waals surface area contributed by atoms with Crippen LogP contribution < -0.4 is 0 Å². The van der Waals surface area contributed by atoms with E-state index >= 15 is 0 Å². The van der Waals surface area contributed by atoms with Crippen LogP contribution in [0.5, 0.6) is 0 Å². The van der Waals surface area contributed by atoms with Crippen molar-refractivity contribution in [3.8, 4) is 11.1 Å². The summed E-state index contributed by atoms with van der Waals surface area (Å²) in [6.45, 7) is 4.93. The second-order valence-electron chi connectivity index (χ2n) is 6.87. The average Bonchev–Trinajstić information content (AvgIpc) is 2.89. The van der Waals surface area contributed by atoms with Gasteiger partial charge in [0.1, 0.15) is 0 Å². The number of benzene rings is 2. The minimum absolute atomic E-state index is 0.0974.